The fourth-order valence-corrected chi connectivity index (χ4v) is 1.61. The standard InChI is InChI=1S/C12H16ClFN2O/c1-8(7-15)16(2)12(17)6-9-10(13)4-3-5-11(9)14/h3-5,8H,6-7,15H2,1-2H3. The summed E-state index contributed by atoms with van der Waals surface area (Å²) in [5, 5.41) is 0.271. The SMILES string of the molecule is CC(CN)N(C)C(=O)Cc1c(F)cccc1Cl. The van der Waals surface area contributed by atoms with Crippen LogP contribution in [0.4, 0.5) is 4.39 Å². The lowest BCUT2D eigenvalue weighted by molar-refractivity contribution is -0.130. The maximum atomic E-state index is 13.5. The summed E-state index contributed by atoms with van der Waals surface area (Å²) in [6.45, 7) is 2.20. The van der Waals surface area contributed by atoms with Crippen LogP contribution in [0.3, 0.4) is 0 Å². The van der Waals surface area contributed by atoms with E-state index in [2.05, 4.69) is 0 Å². The molecule has 17 heavy (non-hydrogen) atoms. The molecule has 1 aromatic rings. The highest BCUT2D eigenvalue weighted by atomic mass is 35.5. The highest BCUT2D eigenvalue weighted by molar-refractivity contribution is 6.31. The molecule has 0 fully saturated rings. The first-order valence-corrected chi connectivity index (χ1v) is 5.73. The van der Waals surface area contributed by atoms with Gasteiger partial charge in [-0.05, 0) is 19.1 Å². The molecule has 0 aliphatic carbocycles. The Balaban J connectivity index is 2.81. The first kappa shape index (κ1) is 13.9. The molecule has 0 aromatic heterocycles. The van der Waals surface area contributed by atoms with Crippen molar-refractivity contribution in [3.63, 3.8) is 0 Å². The predicted octanol–water partition coefficient (Wildman–Crippen LogP) is 1.83. The normalized spacial score (nSPS) is 12.3. The Morgan fingerprint density at radius 3 is 2.76 bits per heavy atom. The van der Waals surface area contributed by atoms with Crippen LogP contribution in [0.25, 0.3) is 0 Å². The lowest BCUT2D eigenvalue weighted by Crippen LogP contribution is -2.40. The number of carbonyl (C=O) groups is 1. The van der Waals surface area contributed by atoms with Crippen molar-refractivity contribution >= 4 is 17.5 Å². The Kier molecular flexibility index (Phi) is 4.90. The van der Waals surface area contributed by atoms with Gasteiger partial charge >= 0.3 is 0 Å². The molecular weight excluding hydrogens is 243 g/mol. The molecular formula is C12H16ClFN2O. The lowest BCUT2D eigenvalue weighted by atomic mass is 10.1. The number of amides is 1. The van der Waals surface area contributed by atoms with Crippen LogP contribution < -0.4 is 5.73 Å². The minimum atomic E-state index is -0.459. The van der Waals surface area contributed by atoms with E-state index in [9.17, 15) is 9.18 Å². The third-order valence-electron chi connectivity index (χ3n) is 2.79. The number of hydrogen-bond donors (Lipinski definition) is 1. The van der Waals surface area contributed by atoms with Crippen LogP contribution in [0.5, 0.6) is 0 Å². The lowest BCUT2D eigenvalue weighted by Gasteiger charge is -2.23. The van der Waals surface area contributed by atoms with Crippen molar-refractivity contribution in [1.82, 2.24) is 4.90 Å². The fraction of sp³-hybridized carbons (Fsp3) is 0.417. The molecule has 0 saturated carbocycles. The summed E-state index contributed by atoms with van der Waals surface area (Å²) in [7, 11) is 1.65. The molecule has 5 heteroatoms. The van der Waals surface area contributed by atoms with E-state index in [0.717, 1.165) is 0 Å². The Hall–Kier alpha value is -1.13. The highest BCUT2D eigenvalue weighted by Crippen LogP contribution is 2.20. The van der Waals surface area contributed by atoms with Gasteiger partial charge in [0.1, 0.15) is 5.82 Å². The summed E-state index contributed by atoms with van der Waals surface area (Å²) in [6.07, 6.45) is -0.0493. The Morgan fingerprint density at radius 2 is 2.24 bits per heavy atom. The average molecular weight is 259 g/mol. The van der Waals surface area contributed by atoms with Crippen molar-refractivity contribution in [2.45, 2.75) is 19.4 Å². The van der Waals surface area contributed by atoms with Crippen LogP contribution in [0.15, 0.2) is 18.2 Å². The van der Waals surface area contributed by atoms with Gasteiger partial charge in [0.05, 0.1) is 6.42 Å². The molecule has 1 unspecified atom stereocenters. The monoisotopic (exact) mass is 258 g/mol. The number of nitrogens with zero attached hydrogens (tertiary/aromatic N) is 1. The summed E-state index contributed by atoms with van der Waals surface area (Å²) < 4.78 is 13.5. The fourth-order valence-electron chi connectivity index (χ4n) is 1.38. The molecule has 3 nitrogen and oxygen atoms in total. The summed E-state index contributed by atoms with van der Waals surface area (Å²) >= 11 is 5.86. The number of halogens is 2. The quantitative estimate of drug-likeness (QED) is 0.896. The van der Waals surface area contributed by atoms with E-state index < -0.39 is 5.82 Å². The second-order valence-electron chi connectivity index (χ2n) is 3.97. The molecule has 0 aliphatic heterocycles. The maximum Gasteiger partial charge on any atom is 0.227 e. The number of rotatable bonds is 4. The maximum absolute atomic E-state index is 13.5. The minimum absolute atomic E-state index is 0.0493. The zero-order chi connectivity index (χ0) is 13.0. The van der Waals surface area contributed by atoms with Gasteiger partial charge in [0.25, 0.3) is 0 Å². The zero-order valence-electron chi connectivity index (χ0n) is 9.91. The second-order valence-corrected chi connectivity index (χ2v) is 4.37. The van der Waals surface area contributed by atoms with Crippen molar-refractivity contribution in [3.05, 3.63) is 34.6 Å². The van der Waals surface area contributed by atoms with Crippen LogP contribution in [-0.4, -0.2) is 30.4 Å². The number of benzene rings is 1. The van der Waals surface area contributed by atoms with Crippen LogP contribution in [0.2, 0.25) is 5.02 Å². The van der Waals surface area contributed by atoms with Crippen molar-refractivity contribution in [2.24, 2.45) is 5.73 Å². The molecule has 1 amide bonds. The van der Waals surface area contributed by atoms with Crippen LogP contribution >= 0.6 is 11.6 Å². The first-order chi connectivity index (χ1) is 7.97. The Labute approximate surface area is 105 Å². The van der Waals surface area contributed by atoms with E-state index in [1.807, 2.05) is 6.92 Å². The van der Waals surface area contributed by atoms with Gasteiger partial charge in [-0.15, -0.1) is 0 Å². The molecule has 0 aliphatic rings. The van der Waals surface area contributed by atoms with Crippen LogP contribution in [-0.2, 0) is 11.2 Å². The Morgan fingerprint density at radius 1 is 1.59 bits per heavy atom. The van der Waals surface area contributed by atoms with Gasteiger partial charge in [-0.25, -0.2) is 4.39 Å². The smallest absolute Gasteiger partial charge is 0.227 e. The molecule has 0 radical (unpaired) electrons. The van der Waals surface area contributed by atoms with Gasteiger partial charge in [-0.1, -0.05) is 17.7 Å². The molecule has 0 saturated heterocycles. The molecule has 1 atom stereocenters. The molecule has 1 rings (SSSR count). The van der Waals surface area contributed by atoms with E-state index in [0.29, 0.717) is 6.54 Å². The van der Waals surface area contributed by atoms with E-state index in [1.165, 1.54) is 17.0 Å². The summed E-state index contributed by atoms with van der Waals surface area (Å²) in [5.74, 6) is -0.658. The van der Waals surface area contributed by atoms with Gasteiger partial charge < -0.3 is 10.6 Å². The third kappa shape index (κ3) is 3.41. The molecule has 0 heterocycles. The predicted molar refractivity (Wildman–Crippen MR) is 66.4 cm³/mol. The van der Waals surface area contributed by atoms with Crippen molar-refractivity contribution < 1.29 is 9.18 Å². The molecule has 1 aromatic carbocycles. The van der Waals surface area contributed by atoms with Gasteiger partial charge in [0.2, 0.25) is 5.91 Å². The van der Waals surface area contributed by atoms with Crippen LogP contribution in [0, 0.1) is 5.82 Å². The molecule has 0 spiro atoms. The van der Waals surface area contributed by atoms with Crippen molar-refractivity contribution in [3.8, 4) is 0 Å². The summed E-state index contributed by atoms with van der Waals surface area (Å²) in [6, 6.07) is 4.30. The summed E-state index contributed by atoms with van der Waals surface area (Å²) in [5.41, 5.74) is 5.70. The van der Waals surface area contributed by atoms with Gasteiger partial charge in [0.15, 0.2) is 0 Å². The van der Waals surface area contributed by atoms with E-state index in [-0.39, 0.29) is 29.0 Å². The topological polar surface area (TPSA) is 46.3 Å². The largest absolute Gasteiger partial charge is 0.341 e. The molecule has 2 N–H and O–H groups in total. The number of nitrogens with two attached hydrogens (primary N) is 1. The van der Waals surface area contributed by atoms with E-state index in [1.54, 1.807) is 13.1 Å². The van der Waals surface area contributed by atoms with Crippen molar-refractivity contribution in [1.29, 1.82) is 0 Å². The van der Waals surface area contributed by atoms with Gasteiger partial charge in [0, 0.05) is 30.2 Å². The van der Waals surface area contributed by atoms with Crippen molar-refractivity contribution in [2.75, 3.05) is 13.6 Å². The number of hydrogen-bond acceptors (Lipinski definition) is 2. The molecule has 0 bridgehead atoms. The van der Waals surface area contributed by atoms with Crippen LogP contribution in [0.1, 0.15) is 12.5 Å². The minimum Gasteiger partial charge on any atom is -0.341 e. The average Bonchev–Trinajstić information content (AvgIpc) is 2.31. The molecule has 94 valence electrons. The second kappa shape index (κ2) is 5.98. The Bertz CT molecular complexity index is 391. The van der Waals surface area contributed by atoms with E-state index >= 15 is 0 Å². The number of carbonyl (C=O) groups excluding carboxylic acids is 1. The first-order valence-electron chi connectivity index (χ1n) is 5.36. The third-order valence-corrected chi connectivity index (χ3v) is 3.14. The van der Waals surface area contributed by atoms with E-state index in [4.69, 9.17) is 17.3 Å². The van der Waals surface area contributed by atoms with Gasteiger partial charge in [-0.2, -0.15) is 0 Å². The number of likely N-dealkylation sites (N-methyl/N-ethyl adjacent to an activating group) is 1. The van der Waals surface area contributed by atoms with Gasteiger partial charge in [-0.3, -0.25) is 4.79 Å². The highest BCUT2D eigenvalue weighted by Gasteiger charge is 2.18. The zero-order valence-corrected chi connectivity index (χ0v) is 10.7. The summed E-state index contributed by atoms with van der Waals surface area (Å²) in [4.78, 5) is 13.4.